The van der Waals surface area contributed by atoms with E-state index in [2.05, 4.69) is 20.5 Å². The minimum atomic E-state index is 0.157. The normalized spacial score (nSPS) is 13.8. The summed E-state index contributed by atoms with van der Waals surface area (Å²) in [5.74, 6) is 0.935. The van der Waals surface area contributed by atoms with Crippen LogP contribution in [0.15, 0.2) is 53.1 Å². The first-order valence-electron chi connectivity index (χ1n) is 9.46. The smallest absolute Gasteiger partial charge is 0.231 e. The topological polar surface area (TPSA) is 83.8 Å². The van der Waals surface area contributed by atoms with E-state index in [4.69, 9.17) is 4.42 Å². The average Bonchev–Trinajstić information content (AvgIpc) is 3.28. The molecule has 1 saturated carbocycles. The molecule has 0 atom stereocenters. The number of H-pyrrole nitrogens is 1. The van der Waals surface area contributed by atoms with Crippen molar-refractivity contribution in [3.05, 3.63) is 59.8 Å². The Bertz CT molecular complexity index is 1150. The predicted molar refractivity (Wildman–Crippen MR) is 106 cm³/mol. The number of aromatic nitrogens is 3. The number of carbonyl (C=O) groups is 1. The number of aromatic amines is 1. The van der Waals surface area contributed by atoms with Gasteiger partial charge in [-0.05, 0) is 37.0 Å². The number of para-hydroxylation sites is 1. The number of benzene rings is 2. The number of nitrogens with one attached hydrogen (secondary N) is 2. The molecule has 1 amide bonds. The molecular weight excluding hydrogens is 352 g/mol. The Morgan fingerprint density at radius 3 is 2.79 bits per heavy atom. The summed E-state index contributed by atoms with van der Waals surface area (Å²) < 4.78 is 5.95. The molecule has 0 radical (unpaired) electrons. The monoisotopic (exact) mass is 372 g/mol. The van der Waals surface area contributed by atoms with Gasteiger partial charge in [-0.15, -0.1) is 0 Å². The number of aryl methyl sites for hydroxylation is 1. The highest BCUT2D eigenvalue weighted by atomic mass is 16.3. The largest absolute Gasteiger partial charge is 0.436 e. The summed E-state index contributed by atoms with van der Waals surface area (Å²) in [5.41, 5.74) is 6.36. The van der Waals surface area contributed by atoms with Crippen LogP contribution in [0.2, 0.25) is 0 Å². The van der Waals surface area contributed by atoms with E-state index in [0.29, 0.717) is 12.4 Å². The van der Waals surface area contributed by atoms with Gasteiger partial charge in [-0.1, -0.05) is 36.4 Å². The Balaban J connectivity index is 1.40. The molecular formula is C22H20N4O2. The highest BCUT2D eigenvalue weighted by Gasteiger charge is 2.29. The quantitative estimate of drug-likeness (QED) is 0.549. The van der Waals surface area contributed by atoms with Crippen molar-refractivity contribution in [1.29, 1.82) is 0 Å². The summed E-state index contributed by atoms with van der Waals surface area (Å²) in [6.45, 7) is 2.57. The molecule has 1 aliphatic carbocycles. The second kappa shape index (κ2) is 6.64. The maximum absolute atomic E-state index is 11.8. The Morgan fingerprint density at radius 1 is 1.21 bits per heavy atom. The molecule has 5 rings (SSSR count). The lowest BCUT2D eigenvalue weighted by Gasteiger charge is -2.05. The van der Waals surface area contributed by atoms with Crippen LogP contribution in [-0.2, 0) is 11.3 Å². The molecule has 6 heteroatoms. The fourth-order valence-electron chi connectivity index (χ4n) is 3.33. The molecule has 0 unspecified atom stereocenters. The number of oxazole rings is 1. The molecule has 2 heterocycles. The third-order valence-corrected chi connectivity index (χ3v) is 5.13. The van der Waals surface area contributed by atoms with Gasteiger partial charge in [-0.3, -0.25) is 9.89 Å². The van der Waals surface area contributed by atoms with Crippen molar-refractivity contribution < 1.29 is 9.21 Å². The van der Waals surface area contributed by atoms with Crippen LogP contribution in [0.3, 0.4) is 0 Å². The highest BCUT2D eigenvalue weighted by Crippen LogP contribution is 2.32. The van der Waals surface area contributed by atoms with Gasteiger partial charge in [-0.2, -0.15) is 5.10 Å². The average molecular weight is 372 g/mol. The Hall–Kier alpha value is -3.41. The van der Waals surface area contributed by atoms with Crippen LogP contribution in [0.25, 0.3) is 33.8 Å². The zero-order valence-corrected chi connectivity index (χ0v) is 15.5. The highest BCUT2D eigenvalue weighted by molar-refractivity contribution is 5.83. The van der Waals surface area contributed by atoms with Crippen LogP contribution in [0.5, 0.6) is 0 Å². The van der Waals surface area contributed by atoms with Crippen LogP contribution in [0.4, 0.5) is 0 Å². The summed E-state index contributed by atoms with van der Waals surface area (Å²) in [6.07, 6.45) is 3.84. The standard InChI is InChI=1S/C22H20N4O2/c1-13-3-2-4-18-19(13)25-22(28-18)17-12-24-26-20(17)15-7-5-14(6-8-15)11-23-21(27)16-9-10-16/h2-8,12,16H,9-11H2,1H3,(H,23,27)(H,24,26). The van der Waals surface area contributed by atoms with E-state index in [1.165, 1.54) is 0 Å². The van der Waals surface area contributed by atoms with Crippen LogP contribution in [-0.4, -0.2) is 21.1 Å². The summed E-state index contributed by atoms with van der Waals surface area (Å²) in [4.78, 5) is 16.4. The third kappa shape index (κ3) is 3.07. The first kappa shape index (κ1) is 16.7. The predicted octanol–water partition coefficient (Wildman–Crippen LogP) is 4.22. The number of nitrogens with zero attached hydrogens (tertiary/aromatic N) is 2. The van der Waals surface area contributed by atoms with E-state index in [1.54, 1.807) is 6.20 Å². The van der Waals surface area contributed by atoms with Gasteiger partial charge < -0.3 is 9.73 Å². The molecule has 1 fully saturated rings. The van der Waals surface area contributed by atoms with Crippen LogP contribution < -0.4 is 5.32 Å². The molecule has 1 aliphatic rings. The van der Waals surface area contributed by atoms with Gasteiger partial charge in [0.05, 0.1) is 5.56 Å². The number of fused-ring (bicyclic) bond motifs is 1. The van der Waals surface area contributed by atoms with Gasteiger partial charge in [0, 0.05) is 24.2 Å². The molecule has 0 saturated heterocycles. The Labute approximate surface area is 162 Å². The minimum Gasteiger partial charge on any atom is -0.436 e. The minimum absolute atomic E-state index is 0.157. The lowest BCUT2D eigenvalue weighted by atomic mass is 10.1. The number of carbonyl (C=O) groups excluding carboxylic acids is 1. The second-order valence-corrected chi connectivity index (χ2v) is 7.28. The first-order valence-corrected chi connectivity index (χ1v) is 9.46. The first-order chi connectivity index (χ1) is 13.7. The zero-order valence-electron chi connectivity index (χ0n) is 15.5. The molecule has 140 valence electrons. The van der Waals surface area contributed by atoms with Crippen molar-refractivity contribution >= 4 is 17.0 Å². The third-order valence-electron chi connectivity index (χ3n) is 5.13. The maximum atomic E-state index is 11.8. The molecule has 6 nitrogen and oxygen atoms in total. The summed E-state index contributed by atoms with van der Waals surface area (Å²) in [6, 6.07) is 13.9. The molecule has 2 aromatic heterocycles. The Kier molecular flexibility index (Phi) is 3.97. The van der Waals surface area contributed by atoms with E-state index in [9.17, 15) is 4.79 Å². The number of hydrogen-bond acceptors (Lipinski definition) is 4. The summed E-state index contributed by atoms with van der Waals surface area (Å²) >= 11 is 0. The molecule has 0 bridgehead atoms. The molecule has 4 aromatic rings. The zero-order chi connectivity index (χ0) is 19.1. The van der Waals surface area contributed by atoms with Crippen molar-refractivity contribution in [2.75, 3.05) is 0 Å². The van der Waals surface area contributed by atoms with Gasteiger partial charge in [0.2, 0.25) is 11.8 Å². The lowest BCUT2D eigenvalue weighted by Crippen LogP contribution is -2.24. The molecule has 2 aromatic carbocycles. The van der Waals surface area contributed by atoms with Crippen molar-refractivity contribution in [2.45, 2.75) is 26.3 Å². The van der Waals surface area contributed by atoms with Crippen molar-refractivity contribution in [3.8, 4) is 22.7 Å². The van der Waals surface area contributed by atoms with E-state index < -0.39 is 0 Å². The van der Waals surface area contributed by atoms with Crippen LogP contribution in [0.1, 0.15) is 24.0 Å². The van der Waals surface area contributed by atoms with Crippen molar-refractivity contribution in [2.24, 2.45) is 5.92 Å². The number of amides is 1. The van der Waals surface area contributed by atoms with Gasteiger partial charge in [0.15, 0.2) is 5.58 Å². The summed E-state index contributed by atoms with van der Waals surface area (Å²) in [7, 11) is 0. The van der Waals surface area contributed by atoms with E-state index >= 15 is 0 Å². The van der Waals surface area contributed by atoms with Gasteiger partial charge in [-0.25, -0.2) is 4.98 Å². The molecule has 2 N–H and O–H groups in total. The van der Waals surface area contributed by atoms with Crippen LogP contribution >= 0.6 is 0 Å². The SMILES string of the molecule is Cc1cccc2oc(-c3c[nH]nc3-c3ccc(CNC(=O)C4CC4)cc3)nc12. The summed E-state index contributed by atoms with van der Waals surface area (Å²) in [5, 5.41) is 10.3. The number of rotatable bonds is 5. The van der Waals surface area contributed by atoms with E-state index in [-0.39, 0.29) is 11.8 Å². The second-order valence-electron chi connectivity index (χ2n) is 7.28. The number of hydrogen-bond donors (Lipinski definition) is 2. The Morgan fingerprint density at radius 2 is 2.04 bits per heavy atom. The van der Waals surface area contributed by atoms with Gasteiger partial charge in [0.1, 0.15) is 11.2 Å². The van der Waals surface area contributed by atoms with Crippen molar-refractivity contribution in [3.63, 3.8) is 0 Å². The molecule has 0 spiro atoms. The maximum Gasteiger partial charge on any atom is 0.231 e. The fourth-order valence-corrected chi connectivity index (χ4v) is 3.33. The van der Waals surface area contributed by atoms with Gasteiger partial charge in [0.25, 0.3) is 0 Å². The van der Waals surface area contributed by atoms with Gasteiger partial charge >= 0.3 is 0 Å². The molecule has 28 heavy (non-hydrogen) atoms. The van der Waals surface area contributed by atoms with E-state index in [0.717, 1.165) is 51.9 Å². The molecule has 0 aliphatic heterocycles. The van der Waals surface area contributed by atoms with Crippen LogP contribution in [0, 0.1) is 12.8 Å². The lowest BCUT2D eigenvalue weighted by molar-refractivity contribution is -0.122. The fraction of sp³-hybridized carbons (Fsp3) is 0.227. The van der Waals surface area contributed by atoms with Crippen molar-refractivity contribution in [1.82, 2.24) is 20.5 Å². The van der Waals surface area contributed by atoms with E-state index in [1.807, 2.05) is 49.4 Å².